The zero-order chi connectivity index (χ0) is 14.1. The molecule has 0 aromatic carbocycles. The Kier molecular flexibility index (Phi) is 3.31. The molecule has 1 N–H and O–H groups in total. The Balaban J connectivity index is 1.78. The van der Waals surface area contributed by atoms with Crippen molar-refractivity contribution < 1.29 is 9.21 Å². The van der Waals surface area contributed by atoms with Crippen molar-refractivity contribution in [3.05, 3.63) is 30.2 Å². The topological polar surface area (TPSA) is 65.4 Å². The fraction of sp³-hybridized carbons (Fsp3) is 0.429. The van der Waals surface area contributed by atoms with Gasteiger partial charge >= 0.3 is 0 Å². The van der Waals surface area contributed by atoms with E-state index in [1.807, 2.05) is 11.0 Å². The fourth-order valence-corrected chi connectivity index (χ4v) is 2.58. The van der Waals surface area contributed by atoms with Gasteiger partial charge in [-0.2, -0.15) is 5.10 Å². The maximum absolute atomic E-state index is 12.5. The summed E-state index contributed by atoms with van der Waals surface area (Å²) in [4.78, 5) is 16.6. The van der Waals surface area contributed by atoms with Crippen molar-refractivity contribution in [1.82, 2.24) is 20.0 Å². The quantitative estimate of drug-likeness (QED) is 0.900. The Bertz CT molecular complexity index is 590. The van der Waals surface area contributed by atoms with Gasteiger partial charge in [0.25, 0.3) is 5.91 Å². The standard InChI is InChI=1S/C14H18N4O2/c1-10-9-17(2)5-6-18(10)14(19)12-8-11(15-16-12)13-4-3-7-20-13/h3-4,7-8,10H,5-6,9H2,1-2H3,(H,15,16)/t10-/m0/s1. The number of aromatic nitrogens is 2. The van der Waals surface area contributed by atoms with Gasteiger partial charge in [-0.05, 0) is 26.1 Å². The summed E-state index contributed by atoms with van der Waals surface area (Å²) in [6.45, 7) is 4.58. The Morgan fingerprint density at radius 3 is 3.05 bits per heavy atom. The summed E-state index contributed by atoms with van der Waals surface area (Å²) >= 11 is 0. The van der Waals surface area contributed by atoms with E-state index in [0.29, 0.717) is 11.5 Å². The highest BCUT2D eigenvalue weighted by Crippen LogP contribution is 2.19. The first-order chi connectivity index (χ1) is 9.65. The van der Waals surface area contributed by atoms with Crippen LogP contribution in [-0.2, 0) is 0 Å². The number of nitrogens with zero attached hydrogens (tertiary/aromatic N) is 3. The molecule has 0 saturated carbocycles. The number of furan rings is 1. The molecule has 3 heterocycles. The second-order valence-corrected chi connectivity index (χ2v) is 5.25. The van der Waals surface area contributed by atoms with Crippen molar-refractivity contribution in [2.45, 2.75) is 13.0 Å². The van der Waals surface area contributed by atoms with Gasteiger partial charge in [-0.15, -0.1) is 0 Å². The smallest absolute Gasteiger partial charge is 0.274 e. The summed E-state index contributed by atoms with van der Waals surface area (Å²) in [5.74, 6) is 0.655. The molecule has 2 aromatic heterocycles. The third kappa shape index (κ3) is 2.34. The van der Waals surface area contributed by atoms with Crippen LogP contribution in [0.5, 0.6) is 0 Å². The molecule has 3 rings (SSSR count). The first kappa shape index (κ1) is 12.9. The number of piperazine rings is 1. The number of carbonyl (C=O) groups is 1. The monoisotopic (exact) mass is 274 g/mol. The van der Waals surface area contributed by atoms with Gasteiger partial charge in [0, 0.05) is 31.7 Å². The largest absolute Gasteiger partial charge is 0.463 e. The highest BCUT2D eigenvalue weighted by molar-refractivity contribution is 5.93. The van der Waals surface area contributed by atoms with Gasteiger partial charge in [0.05, 0.1) is 6.26 Å². The second-order valence-electron chi connectivity index (χ2n) is 5.25. The van der Waals surface area contributed by atoms with Crippen LogP contribution in [0.15, 0.2) is 28.9 Å². The minimum Gasteiger partial charge on any atom is -0.463 e. The molecule has 1 atom stereocenters. The highest BCUT2D eigenvalue weighted by atomic mass is 16.3. The molecule has 0 unspecified atom stereocenters. The molecule has 0 aliphatic carbocycles. The van der Waals surface area contributed by atoms with E-state index < -0.39 is 0 Å². The van der Waals surface area contributed by atoms with Crippen molar-refractivity contribution >= 4 is 5.91 Å². The lowest BCUT2D eigenvalue weighted by molar-refractivity contribution is 0.0527. The van der Waals surface area contributed by atoms with E-state index in [1.54, 1.807) is 18.4 Å². The van der Waals surface area contributed by atoms with Crippen molar-refractivity contribution in [2.75, 3.05) is 26.7 Å². The molecule has 1 saturated heterocycles. The minimum absolute atomic E-state index is 0.0281. The molecule has 6 nitrogen and oxygen atoms in total. The number of rotatable bonds is 2. The van der Waals surface area contributed by atoms with Crippen LogP contribution >= 0.6 is 0 Å². The van der Waals surface area contributed by atoms with Gasteiger partial charge in [0.15, 0.2) is 11.5 Å². The van der Waals surface area contributed by atoms with Crippen LogP contribution in [0.1, 0.15) is 17.4 Å². The van der Waals surface area contributed by atoms with Crippen molar-refractivity contribution in [3.63, 3.8) is 0 Å². The third-order valence-electron chi connectivity index (χ3n) is 3.68. The number of hydrogen-bond acceptors (Lipinski definition) is 4. The van der Waals surface area contributed by atoms with Gasteiger partial charge in [0.2, 0.25) is 0 Å². The number of likely N-dealkylation sites (N-methyl/N-ethyl adjacent to an activating group) is 1. The molecule has 20 heavy (non-hydrogen) atoms. The van der Waals surface area contributed by atoms with Gasteiger partial charge in [-0.1, -0.05) is 0 Å². The molecule has 0 spiro atoms. The highest BCUT2D eigenvalue weighted by Gasteiger charge is 2.28. The minimum atomic E-state index is -0.0281. The zero-order valence-corrected chi connectivity index (χ0v) is 11.7. The van der Waals surface area contributed by atoms with Crippen molar-refractivity contribution in [2.24, 2.45) is 0 Å². The number of carbonyl (C=O) groups excluding carboxylic acids is 1. The lowest BCUT2D eigenvalue weighted by atomic mass is 10.2. The fourth-order valence-electron chi connectivity index (χ4n) is 2.58. The lowest BCUT2D eigenvalue weighted by Gasteiger charge is -2.37. The molecule has 1 fully saturated rings. The van der Waals surface area contributed by atoms with Crippen LogP contribution in [-0.4, -0.2) is 58.6 Å². The molecule has 6 heteroatoms. The maximum Gasteiger partial charge on any atom is 0.274 e. The predicted molar refractivity (Wildman–Crippen MR) is 74.3 cm³/mol. The molecule has 0 radical (unpaired) electrons. The number of hydrogen-bond donors (Lipinski definition) is 1. The van der Waals surface area contributed by atoms with E-state index >= 15 is 0 Å². The second kappa shape index (κ2) is 5.13. The molecular formula is C14H18N4O2. The summed E-state index contributed by atoms with van der Waals surface area (Å²) in [6.07, 6.45) is 1.60. The predicted octanol–water partition coefficient (Wildman–Crippen LogP) is 1.45. The third-order valence-corrected chi connectivity index (χ3v) is 3.68. The molecule has 2 aromatic rings. The number of amides is 1. The van der Waals surface area contributed by atoms with E-state index in [0.717, 1.165) is 25.3 Å². The van der Waals surface area contributed by atoms with E-state index in [-0.39, 0.29) is 11.9 Å². The van der Waals surface area contributed by atoms with Gasteiger partial charge in [-0.3, -0.25) is 9.89 Å². The van der Waals surface area contributed by atoms with E-state index in [4.69, 9.17) is 4.42 Å². The van der Waals surface area contributed by atoms with E-state index in [9.17, 15) is 4.79 Å². The summed E-state index contributed by atoms with van der Waals surface area (Å²) < 4.78 is 5.29. The van der Waals surface area contributed by atoms with Crippen LogP contribution in [0.3, 0.4) is 0 Å². The summed E-state index contributed by atoms with van der Waals surface area (Å²) in [5.41, 5.74) is 1.16. The van der Waals surface area contributed by atoms with Crippen molar-refractivity contribution in [1.29, 1.82) is 0 Å². The zero-order valence-electron chi connectivity index (χ0n) is 11.7. The van der Waals surface area contributed by atoms with Crippen LogP contribution < -0.4 is 0 Å². The number of aromatic amines is 1. The SMILES string of the molecule is C[C@H]1CN(C)CCN1C(=O)c1cc(-c2ccco2)[nH]n1. The van der Waals surface area contributed by atoms with Crippen LogP contribution in [0.4, 0.5) is 0 Å². The molecular weight excluding hydrogens is 256 g/mol. The first-order valence-electron chi connectivity index (χ1n) is 6.74. The average Bonchev–Trinajstić information content (AvgIpc) is 3.09. The molecule has 1 amide bonds. The van der Waals surface area contributed by atoms with E-state index in [1.165, 1.54) is 0 Å². The maximum atomic E-state index is 12.5. The molecule has 1 aliphatic rings. The van der Waals surface area contributed by atoms with Crippen LogP contribution in [0.2, 0.25) is 0 Å². The summed E-state index contributed by atoms with van der Waals surface area (Å²) in [5, 5.41) is 6.96. The van der Waals surface area contributed by atoms with Gasteiger partial charge < -0.3 is 14.2 Å². The lowest BCUT2D eigenvalue weighted by Crippen LogP contribution is -2.52. The van der Waals surface area contributed by atoms with Crippen molar-refractivity contribution in [3.8, 4) is 11.5 Å². The van der Waals surface area contributed by atoms with Crippen LogP contribution in [0, 0.1) is 0 Å². The summed E-state index contributed by atoms with van der Waals surface area (Å²) in [7, 11) is 2.07. The van der Waals surface area contributed by atoms with Gasteiger partial charge in [-0.25, -0.2) is 0 Å². The first-order valence-corrected chi connectivity index (χ1v) is 6.74. The molecule has 106 valence electrons. The number of H-pyrrole nitrogens is 1. The normalized spacial score (nSPS) is 20.3. The summed E-state index contributed by atoms with van der Waals surface area (Å²) in [6, 6.07) is 5.58. The Morgan fingerprint density at radius 1 is 1.50 bits per heavy atom. The number of nitrogens with one attached hydrogen (secondary N) is 1. The molecule has 0 bridgehead atoms. The molecule has 1 aliphatic heterocycles. The Morgan fingerprint density at radius 2 is 2.35 bits per heavy atom. The van der Waals surface area contributed by atoms with Gasteiger partial charge in [0.1, 0.15) is 5.69 Å². The average molecular weight is 274 g/mol. The Labute approximate surface area is 117 Å². The van der Waals surface area contributed by atoms with Crippen LogP contribution in [0.25, 0.3) is 11.5 Å². The van der Waals surface area contributed by atoms with E-state index in [2.05, 4.69) is 29.1 Å². The Hall–Kier alpha value is -2.08.